The summed E-state index contributed by atoms with van der Waals surface area (Å²) in [5, 5.41) is 3.03. The molecule has 2 aliphatic rings. The summed E-state index contributed by atoms with van der Waals surface area (Å²) in [5.41, 5.74) is 4.66. The number of para-hydroxylation sites is 1. The van der Waals surface area contributed by atoms with Gasteiger partial charge in [0.25, 0.3) is 0 Å². The van der Waals surface area contributed by atoms with Crippen molar-refractivity contribution in [3.63, 3.8) is 0 Å². The number of carbonyl (C=O) groups excluding carboxylic acids is 1. The average molecular weight is 335 g/mol. The van der Waals surface area contributed by atoms with Crippen molar-refractivity contribution in [1.29, 1.82) is 0 Å². The fraction of sp³-hybridized carbons (Fsp3) is 0.381. The van der Waals surface area contributed by atoms with Crippen LogP contribution in [-0.4, -0.2) is 32.1 Å². The van der Waals surface area contributed by atoms with Gasteiger partial charge in [0.15, 0.2) is 0 Å². The zero-order valence-corrected chi connectivity index (χ0v) is 14.6. The number of rotatable bonds is 4. The van der Waals surface area contributed by atoms with E-state index in [1.54, 1.807) is 0 Å². The van der Waals surface area contributed by atoms with Crippen molar-refractivity contribution < 1.29 is 4.79 Å². The van der Waals surface area contributed by atoms with Gasteiger partial charge in [0.05, 0.1) is 6.54 Å². The van der Waals surface area contributed by atoms with E-state index in [0.717, 1.165) is 31.7 Å². The Morgan fingerprint density at radius 3 is 2.48 bits per heavy atom. The fourth-order valence-electron chi connectivity index (χ4n) is 3.85. The molecule has 1 saturated heterocycles. The van der Waals surface area contributed by atoms with Crippen LogP contribution in [0, 0.1) is 0 Å². The van der Waals surface area contributed by atoms with Crippen molar-refractivity contribution in [2.45, 2.75) is 25.7 Å². The molecular weight excluding hydrogens is 310 g/mol. The Kier molecular flexibility index (Phi) is 4.59. The van der Waals surface area contributed by atoms with Gasteiger partial charge in [-0.2, -0.15) is 0 Å². The maximum atomic E-state index is 12.4. The summed E-state index contributed by atoms with van der Waals surface area (Å²) in [4.78, 5) is 17.0. The van der Waals surface area contributed by atoms with E-state index in [1.165, 1.54) is 36.2 Å². The van der Waals surface area contributed by atoms with Crippen LogP contribution in [-0.2, 0) is 11.2 Å². The Hall–Kier alpha value is -2.49. The summed E-state index contributed by atoms with van der Waals surface area (Å²) in [6.45, 7) is 3.60. The van der Waals surface area contributed by atoms with Crippen LogP contribution in [0.5, 0.6) is 0 Å². The van der Waals surface area contributed by atoms with E-state index in [1.807, 2.05) is 18.2 Å². The first kappa shape index (κ1) is 16.0. The van der Waals surface area contributed by atoms with Crippen LogP contribution in [0.3, 0.4) is 0 Å². The number of nitrogens with one attached hydrogen (secondary N) is 1. The Balaban J connectivity index is 1.35. The zero-order chi connectivity index (χ0) is 17.1. The van der Waals surface area contributed by atoms with Crippen molar-refractivity contribution in [3.8, 4) is 0 Å². The van der Waals surface area contributed by atoms with Crippen LogP contribution in [0.2, 0.25) is 0 Å². The third kappa shape index (κ3) is 3.63. The lowest BCUT2D eigenvalue weighted by atomic mass is 10.1. The molecule has 4 rings (SSSR count). The first-order chi connectivity index (χ1) is 12.3. The number of benzene rings is 2. The molecule has 0 bridgehead atoms. The molecule has 0 radical (unpaired) electrons. The highest BCUT2D eigenvalue weighted by molar-refractivity contribution is 5.94. The lowest BCUT2D eigenvalue weighted by Crippen LogP contribution is -2.32. The quantitative estimate of drug-likeness (QED) is 0.926. The van der Waals surface area contributed by atoms with Crippen molar-refractivity contribution >= 4 is 23.0 Å². The SMILES string of the molecule is O=C(CN1CCc2ccccc21)Nc1ccc(N2CCCCC2)cc1. The molecule has 0 unspecified atom stereocenters. The van der Waals surface area contributed by atoms with Gasteiger partial charge in [0.1, 0.15) is 0 Å². The molecule has 0 spiro atoms. The second-order valence-electron chi connectivity index (χ2n) is 6.94. The van der Waals surface area contributed by atoms with Crippen LogP contribution in [0.15, 0.2) is 48.5 Å². The fourth-order valence-corrected chi connectivity index (χ4v) is 3.85. The van der Waals surface area contributed by atoms with E-state index in [4.69, 9.17) is 0 Å². The van der Waals surface area contributed by atoms with Gasteiger partial charge in [-0.1, -0.05) is 18.2 Å². The maximum Gasteiger partial charge on any atom is 0.243 e. The number of fused-ring (bicyclic) bond motifs is 1. The number of piperidine rings is 1. The highest BCUT2D eigenvalue weighted by Gasteiger charge is 2.20. The molecule has 0 saturated carbocycles. The molecule has 1 amide bonds. The molecule has 2 aliphatic heterocycles. The van der Waals surface area contributed by atoms with Gasteiger partial charge >= 0.3 is 0 Å². The number of carbonyl (C=O) groups is 1. The summed E-state index contributed by atoms with van der Waals surface area (Å²) in [6, 6.07) is 16.6. The molecule has 2 aromatic carbocycles. The second-order valence-corrected chi connectivity index (χ2v) is 6.94. The largest absolute Gasteiger partial charge is 0.372 e. The molecule has 4 nitrogen and oxygen atoms in total. The molecule has 2 heterocycles. The predicted octanol–water partition coefficient (Wildman–Crippen LogP) is 3.68. The van der Waals surface area contributed by atoms with Crippen molar-refractivity contribution in [2.24, 2.45) is 0 Å². The number of nitrogens with zero attached hydrogens (tertiary/aromatic N) is 2. The minimum absolute atomic E-state index is 0.0439. The smallest absolute Gasteiger partial charge is 0.243 e. The second kappa shape index (κ2) is 7.18. The Morgan fingerprint density at radius 1 is 0.920 bits per heavy atom. The standard InChI is InChI=1S/C21H25N3O/c25-21(16-24-15-12-17-6-2-3-7-20(17)24)22-18-8-10-19(11-9-18)23-13-4-1-5-14-23/h2-3,6-11H,1,4-5,12-16H2,(H,22,25). The Labute approximate surface area is 149 Å². The van der Waals surface area contributed by atoms with E-state index < -0.39 is 0 Å². The number of hydrogen-bond acceptors (Lipinski definition) is 3. The highest BCUT2D eigenvalue weighted by Crippen LogP contribution is 2.27. The van der Waals surface area contributed by atoms with Gasteiger partial charge in [0.2, 0.25) is 5.91 Å². The predicted molar refractivity (Wildman–Crippen MR) is 103 cm³/mol. The lowest BCUT2D eigenvalue weighted by molar-refractivity contribution is -0.115. The summed E-state index contributed by atoms with van der Waals surface area (Å²) < 4.78 is 0. The molecule has 4 heteroatoms. The van der Waals surface area contributed by atoms with Crippen LogP contribution < -0.4 is 15.1 Å². The van der Waals surface area contributed by atoms with E-state index in [0.29, 0.717) is 6.54 Å². The summed E-state index contributed by atoms with van der Waals surface area (Å²) in [7, 11) is 0. The molecule has 25 heavy (non-hydrogen) atoms. The van der Waals surface area contributed by atoms with E-state index in [9.17, 15) is 4.79 Å². The molecule has 0 atom stereocenters. The van der Waals surface area contributed by atoms with Crippen molar-refractivity contribution in [3.05, 3.63) is 54.1 Å². The summed E-state index contributed by atoms with van der Waals surface area (Å²) in [6.07, 6.45) is 4.91. The topological polar surface area (TPSA) is 35.6 Å². The zero-order valence-electron chi connectivity index (χ0n) is 14.6. The normalized spacial score (nSPS) is 16.6. The van der Waals surface area contributed by atoms with Gasteiger partial charge < -0.3 is 15.1 Å². The lowest BCUT2D eigenvalue weighted by Gasteiger charge is -2.28. The van der Waals surface area contributed by atoms with Gasteiger partial charge in [-0.05, 0) is 61.6 Å². The van der Waals surface area contributed by atoms with Crippen LogP contribution in [0.1, 0.15) is 24.8 Å². The molecule has 0 aromatic heterocycles. The first-order valence-corrected chi connectivity index (χ1v) is 9.27. The highest BCUT2D eigenvalue weighted by atomic mass is 16.2. The summed E-state index contributed by atoms with van der Waals surface area (Å²) >= 11 is 0. The minimum Gasteiger partial charge on any atom is -0.372 e. The monoisotopic (exact) mass is 335 g/mol. The van der Waals surface area contributed by atoms with E-state index in [2.05, 4.69) is 45.4 Å². The van der Waals surface area contributed by atoms with Gasteiger partial charge in [-0.3, -0.25) is 4.79 Å². The van der Waals surface area contributed by atoms with E-state index >= 15 is 0 Å². The molecule has 2 aromatic rings. The third-order valence-corrected chi connectivity index (χ3v) is 5.19. The Bertz CT molecular complexity index is 735. The number of amides is 1. The first-order valence-electron chi connectivity index (χ1n) is 9.27. The van der Waals surface area contributed by atoms with Crippen molar-refractivity contribution in [2.75, 3.05) is 41.3 Å². The van der Waals surface area contributed by atoms with Crippen molar-refractivity contribution in [1.82, 2.24) is 0 Å². The van der Waals surface area contributed by atoms with Crippen LogP contribution in [0.25, 0.3) is 0 Å². The summed E-state index contributed by atoms with van der Waals surface area (Å²) in [5.74, 6) is 0.0439. The maximum absolute atomic E-state index is 12.4. The van der Waals surface area contributed by atoms with Crippen LogP contribution in [0.4, 0.5) is 17.1 Å². The van der Waals surface area contributed by atoms with Crippen LogP contribution >= 0.6 is 0 Å². The minimum atomic E-state index is 0.0439. The molecule has 130 valence electrons. The number of hydrogen-bond donors (Lipinski definition) is 1. The number of anilines is 3. The Morgan fingerprint density at radius 2 is 1.68 bits per heavy atom. The molecular formula is C21H25N3O. The van der Waals surface area contributed by atoms with Gasteiger partial charge in [-0.25, -0.2) is 0 Å². The van der Waals surface area contributed by atoms with Gasteiger partial charge in [-0.15, -0.1) is 0 Å². The molecule has 1 fully saturated rings. The third-order valence-electron chi connectivity index (χ3n) is 5.19. The van der Waals surface area contributed by atoms with Gasteiger partial charge in [0, 0.05) is 36.7 Å². The van der Waals surface area contributed by atoms with E-state index in [-0.39, 0.29) is 5.91 Å². The molecule has 1 N–H and O–H groups in total. The average Bonchev–Trinajstić information content (AvgIpc) is 3.06. The molecule has 0 aliphatic carbocycles.